The van der Waals surface area contributed by atoms with Gasteiger partial charge in [-0.2, -0.15) is 5.26 Å². The molecule has 3 heteroatoms. The van der Waals surface area contributed by atoms with Gasteiger partial charge in [0.05, 0.1) is 6.07 Å². The van der Waals surface area contributed by atoms with E-state index in [1.807, 2.05) is 6.92 Å². The Morgan fingerprint density at radius 1 is 1.33 bits per heavy atom. The van der Waals surface area contributed by atoms with Gasteiger partial charge >= 0.3 is 0 Å². The predicted molar refractivity (Wildman–Crippen MR) is 74.2 cm³/mol. The Hall–Kier alpha value is -0.590. The maximum absolute atomic E-state index is 9.32. The first-order chi connectivity index (χ1) is 8.67. The zero-order chi connectivity index (χ0) is 13.0. The molecule has 2 rings (SSSR count). The van der Waals surface area contributed by atoms with Crippen molar-refractivity contribution in [1.82, 2.24) is 10.2 Å². The number of nitrogens with zero attached hydrogens (tertiary/aromatic N) is 2. The Morgan fingerprint density at radius 2 is 2.00 bits per heavy atom. The lowest BCUT2D eigenvalue weighted by Gasteiger charge is -2.26. The molecule has 1 N–H and O–H groups in total. The third-order valence-electron chi connectivity index (χ3n) is 4.74. The number of fused-ring (bicyclic) bond motifs is 1. The van der Waals surface area contributed by atoms with Crippen LogP contribution in [0.5, 0.6) is 0 Å². The second kappa shape index (κ2) is 6.04. The first-order valence-electron chi connectivity index (χ1n) is 7.55. The van der Waals surface area contributed by atoms with Gasteiger partial charge in [0, 0.05) is 19.6 Å². The zero-order valence-electron chi connectivity index (χ0n) is 11.9. The van der Waals surface area contributed by atoms with E-state index >= 15 is 0 Å². The van der Waals surface area contributed by atoms with Crippen molar-refractivity contribution in [2.45, 2.75) is 51.5 Å². The lowest BCUT2D eigenvalue weighted by Crippen LogP contribution is -2.44. The summed E-state index contributed by atoms with van der Waals surface area (Å²) in [5.41, 5.74) is -0.340. The second-order valence-corrected chi connectivity index (χ2v) is 6.33. The highest BCUT2D eigenvalue weighted by Crippen LogP contribution is 2.37. The van der Waals surface area contributed by atoms with Gasteiger partial charge in [-0.25, -0.2) is 0 Å². The number of likely N-dealkylation sites (tertiary alicyclic amines) is 1. The third-order valence-corrected chi connectivity index (χ3v) is 4.74. The van der Waals surface area contributed by atoms with Crippen molar-refractivity contribution in [2.75, 3.05) is 26.2 Å². The minimum atomic E-state index is -0.340. The first-order valence-corrected chi connectivity index (χ1v) is 7.55. The Kier molecular flexibility index (Phi) is 4.64. The quantitative estimate of drug-likeness (QED) is 0.785. The van der Waals surface area contributed by atoms with Crippen molar-refractivity contribution >= 4 is 0 Å². The largest absolute Gasteiger partial charge is 0.303 e. The van der Waals surface area contributed by atoms with Crippen LogP contribution in [0, 0.1) is 23.2 Å². The number of nitrogens with one attached hydrogen (secondary N) is 1. The van der Waals surface area contributed by atoms with Crippen molar-refractivity contribution in [3.63, 3.8) is 0 Å². The molecule has 3 atom stereocenters. The van der Waals surface area contributed by atoms with Crippen LogP contribution in [0.4, 0.5) is 0 Å². The molecule has 102 valence electrons. The monoisotopic (exact) mass is 249 g/mol. The van der Waals surface area contributed by atoms with Gasteiger partial charge in [-0.05, 0) is 51.0 Å². The van der Waals surface area contributed by atoms with E-state index < -0.39 is 0 Å². The molecule has 2 fully saturated rings. The van der Waals surface area contributed by atoms with E-state index in [4.69, 9.17) is 0 Å². The molecule has 1 aliphatic heterocycles. The van der Waals surface area contributed by atoms with Crippen molar-refractivity contribution < 1.29 is 0 Å². The van der Waals surface area contributed by atoms with Crippen LogP contribution in [0.2, 0.25) is 0 Å². The molecular weight excluding hydrogens is 222 g/mol. The van der Waals surface area contributed by atoms with Gasteiger partial charge in [-0.1, -0.05) is 13.3 Å². The molecule has 0 spiro atoms. The number of rotatable bonds is 6. The zero-order valence-corrected chi connectivity index (χ0v) is 11.9. The van der Waals surface area contributed by atoms with Gasteiger partial charge in [0.1, 0.15) is 5.54 Å². The SMILES string of the molecule is CCCNC(C)(C#N)CCN1CC2CCCC2C1. The highest BCUT2D eigenvalue weighted by molar-refractivity contribution is 5.04. The number of hydrogen-bond donors (Lipinski definition) is 1. The molecule has 0 aromatic rings. The molecule has 18 heavy (non-hydrogen) atoms. The Morgan fingerprint density at radius 3 is 2.56 bits per heavy atom. The summed E-state index contributed by atoms with van der Waals surface area (Å²) in [6.07, 6.45) is 6.35. The Balaban J connectivity index is 1.75. The summed E-state index contributed by atoms with van der Waals surface area (Å²) in [6.45, 7) is 8.76. The van der Waals surface area contributed by atoms with Gasteiger partial charge in [-0.3, -0.25) is 5.32 Å². The van der Waals surface area contributed by atoms with E-state index in [0.717, 1.165) is 37.8 Å². The maximum Gasteiger partial charge on any atom is 0.105 e. The van der Waals surface area contributed by atoms with E-state index in [-0.39, 0.29) is 5.54 Å². The summed E-state index contributed by atoms with van der Waals surface area (Å²) in [7, 11) is 0. The van der Waals surface area contributed by atoms with Crippen LogP contribution in [-0.2, 0) is 0 Å². The van der Waals surface area contributed by atoms with Crippen LogP contribution in [0.3, 0.4) is 0 Å². The van der Waals surface area contributed by atoms with Gasteiger partial charge in [0.25, 0.3) is 0 Å². The first kappa shape index (κ1) is 13.8. The fourth-order valence-corrected chi connectivity index (χ4v) is 3.48. The molecule has 3 unspecified atom stereocenters. The summed E-state index contributed by atoms with van der Waals surface area (Å²) >= 11 is 0. The molecule has 0 radical (unpaired) electrons. The summed E-state index contributed by atoms with van der Waals surface area (Å²) in [6, 6.07) is 2.45. The third kappa shape index (κ3) is 3.24. The van der Waals surface area contributed by atoms with Crippen molar-refractivity contribution in [2.24, 2.45) is 11.8 Å². The second-order valence-electron chi connectivity index (χ2n) is 6.33. The number of hydrogen-bond acceptors (Lipinski definition) is 3. The highest BCUT2D eigenvalue weighted by Gasteiger charge is 2.36. The molecule has 0 amide bonds. The molecule has 0 bridgehead atoms. The number of nitriles is 1. The summed E-state index contributed by atoms with van der Waals surface area (Å²) < 4.78 is 0. The van der Waals surface area contributed by atoms with Gasteiger partial charge in [0.15, 0.2) is 0 Å². The van der Waals surface area contributed by atoms with Crippen LogP contribution < -0.4 is 5.32 Å². The van der Waals surface area contributed by atoms with Crippen LogP contribution in [-0.4, -0.2) is 36.6 Å². The van der Waals surface area contributed by atoms with E-state index in [1.54, 1.807) is 0 Å². The van der Waals surface area contributed by atoms with Crippen molar-refractivity contribution in [1.29, 1.82) is 5.26 Å². The van der Waals surface area contributed by atoms with Gasteiger partial charge in [-0.15, -0.1) is 0 Å². The predicted octanol–water partition coefficient (Wildman–Crippen LogP) is 2.39. The summed E-state index contributed by atoms with van der Waals surface area (Å²) in [5, 5.41) is 12.7. The molecule has 0 aromatic carbocycles. The summed E-state index contributed by atoms with van der Waals surface area (Å²) in [5.74, 6) is 1.92. The minimum Gasteiger partial charge on any atom is -0.303 e. The van der Waals surface area contributed by atoms with E-state index in [0.29, 0.717) is 0 Å². The van der Waals surface area contributed by atoms with Crippen LogP contribution in [0.25, 0.3) is 0 Å². The molecule has 1 saturated carbocycles. The summed E-state index contributed by atoms with van der Waals surface area (Å²) in [4.78, 5) is 2.58. The van der Waals surface area contributed by atoms with Crippen molar-refractivity contribution in [3.8, 4) is 6.07 Å². The molecule has 1 aliphatic carbocycles. The molecular formula is C15H27N3. The molecule has 0 aromatic heterocycles. The lowest BCUT2D eigenvalue weighted by atomic mass is 9.99. The highest BCUT2D eigenvalue weighted by atomic mass is 15.2. The normalized spacial score (nSPS) is 30.9. The maximum atomic E-state index is 9.32. The van der Waals surface area contributed by atoms with Crippen LogP contribution >= 0.6 is 0 Å². The topological polar surface area (TPSA) is 39.1 Å². The standard InChI is InChI=1S/C15H27N3/c1-3-8-17-15(2,12-16)7-9-18-10-13-5-4-6-14(13)11-18/h13-14,17H,3-11H2,1-2H3. The fourth-order valence-electron chi connectivity index (χ4n) is 3.48. The van der Waals surface area contributed by atoms with Gasteiger partial charge in [0.2, 0.25) is 0 Å². The molecule has 1 saturated heterocycles. The lowest BCUT2D eigenvalue weighted by molar-refractivity contribution is 0.272. The van der Waals surface area contributed by atoms with Crippen molar-refractivity contribution in [3.05, 3.63) is 0 Å². The smallest absolute Gasteiger partial charge is 0.105 e. The fraction of sp³-hybridized carbons (Fsp3) is 0.933. The van der Waals surface area contributed by atoms with E-state index in [2.05, 4.69) is 23.2 Å². The average Bonchev–Trinajstić information content (AvgIpc) is 2.94. The Labute approximate surface area is 112 Å². The van der Waals surface area contributed by atoms with Crippen LogP contribution in [0.1, 0.15) is 46.0 Å². The average molecular weight is 249 g/mol. The van der Waals surface area contributed by atoms with E-state index in [1.165, 1.54) is 32.4 Å². The van der Waals surface area contributed by atoms with E-state index in [9.17, 15) is 5.26 Å². The molecule has 1 heterocycles. The van der Waals surface area contributed by atoms with Gasteiger partial charge < -0.3 is 4.90 Å². The van der Waals surface area contributed by atoms with Crippen LogP contribution in [0.15, 0.2) is 0 Å². The molecule has 2 aliphatic rings. The minimum absolute atomic E-state index is 0.340. The molecule has 3 nitrogen and oxygen atoms in total. The Bertz CT molecular complexity index is 297.